The molecule has 1 unspecified atom stereocenters. The molecule has 0 saturated heterocycles. The zero-order valence-electron chi connectivity index (χ0n) is 15.1. The smallest absolute Gasteiger partial charge is 0.260 e. The van der Waals surface area contributed by atoms with Gasteiger partial charge in [0, 0.05) is 30.7 Å². The lowest BCUT2D eigenvalue weighted by molar-refractivity contribution is -0.112. The van der Waals surface area contributed by atoms with Crippen molar-refractivity contribution < 1.29 is 4.79 Å². The first kappa shape index (κ1) is 20.6. The van der Waals surface area contributed by atoms with Crippen LogP contribution >= 0.6 is 23.4 Å². The number of carbonyl (C=O) groups is 1. The quantitative estimate of drug-likeness (QED) is 0.421. The van der Waals surface area contributed by atoms with Crippen molar-refractivity contribution in [1.29, 1.82) is 0 Å². The maximum Gasteiger partial charge on any atom is 0.260 e. The van der Waals surface area contributed by atoms with E-state index in [2.05, 4.69) is 36.4 Å². The Balaban J connectivity index is 3.15. The van der Waals surface area contributed by atoms with E-state index in [0.717, 1.165) is 11.3 Å². The Kier molecular flexibility index (Phi) is 8.36. The van der Waals surface area contributed by atoms with Gasteiger partial charge >= 0.3 is 0 Å². The van der Waals surface area contributed by atoms with Crippen molar-refractivity contribution >= 4 is 40.7 Å². The lowest BCUT2D eigenvalue weighted by Gasteiger charge is -2.19. The molecule has 0 aromatic heterocycles. The van der Waals surface area contributed by atoms with E-state index in [4.69, 9.17) is 11.6 Å². The predicted molar refractivity (Wildman–Crippen MR) is 107 cm³/mol. The number of rotatable bonds is 7. The SMILES string of the molecule is C/N=C(C)\C(C(=O)Nc1ccccc1C(C)SC(C)C)=C(\Cl)NC. The van der Waals surface area contributed by atoms with Crippen LogP contribution in [0.5, 0.6) is 0 Å². The van der Waals surface area contributed by atoms with Gasteiger partial charge in [-0.3, -0.25) is 9.79 Å². The Hall–Kier alpha value is -1.46. The summed E-state index contributed by atoms with van der Waals surface area (Å²) in [5, 5.41) is 6.84. The minimum absolute atomic E-state index is 0.272. The molecule has 0 aliphatic carbocycles. The monoisotopic (exact) mass is 367 g/mol. The molecule has 1 rings (SSSR count). The average Bonchev–Trinajstić information content (AvgIpc) is 2.54. The standard InChI is InChI=1S/C18H26ClN3OS/c1-11(2)24-13(4)14-9-7-8-10-15(14)22-18(23)16(12(3)20-5)17(19)21-6/h7-11,13,21H,1-6H3,(H,22,23)/b17-16+,20-12-. The average molecular weight is 368 g/mol. The molecule has 0 aliphatic rings. The van der Waals surface area contributed by atoms with E-state index in [-0.39, 0.29) is 16.3 Å². The van der Waals surface area contributed by atoms with Crippen molar-refractivity contribution in [1.82, 2.24) is 5.32 Å². The number of aliphatic imine (C=N–C) groups is 1. The first-order valence-electron chi connectivity index (χ1n) is 7.88. The molecular weight excluding hydrogens is 342 g/mol. The Morgan fingerprint density at radius 3 is 2.42 bits per heavy atom. The zero-order valence-corrected chi connectivity index (χ0v) is 16.7. The van der Waals surface area contributed by atoms with Crippen LogP contribution in [0.2, 0.25) is 0 Å². The van der Waals surface area contributed by atoms with E-state index in [0.29, 0.717) is 16.5 Å². The third-order valence-electron chi connectivity index (χ3n) is 3.49. The molecule has 4 nitrogen and oxygen atoms in total. The van der Waals surface area contributed by atoms with Crippen LogP contribution in [-0.4, -0.2) is 31.0 Å². The molecule has 1 atom stereocenters. The van der Waals surface area contributed by atoms with Crippen molar-refractivity contribution in [3.63, 3.8) is 0 Å². The van der Waals surface area contributed by atoms with Crippen molar-refractivity contribution in [3.8, 4) is 0 Å². The van der Waals surface area contributed by atoms with Gasteiger partial charge in [0.05, 0.1) is 5.57 Å². The Morgan fingerprint density at radius 1 is 1.25 bits per heavy atom. The molecule has 0 bridgehead atoms. The highest BCUT2D eigenvalue weighted by Crippen LogP contribution is 2.35. The number of para-hydroxylation sites is 1. The third kappa shape index (κ3) is 5.56. The summed E-state index contributed by atoms with van der Waals surface area (Å²) < 4.78 is 0. The molecular formula is C18H26ClN3OS. The third-order valence-corrected chi connectivity index (χ3v) is 5.07. The second-order valence-electron chi connectivity index (χ2n) is 5.62. The summed E-state index contributed by atoms with van der Waals surface area (Å²) in [5.74, 6) is -0.272. The van der Waals surface area contributed by atoms with Gasteiger partial charge in [-0.1, -0.05) is 43.6 Å². The maximum atomic E-state index is 12.7. The Morgan fingerprint density at radius 2 is 1.88 bits per heavy atom. The molecule has 6 heteroatoms. The fourth-order valence-corrected chi connectivity index (χ4v) is 3.68. The number of anilines is 1. The molecule has 24 heavy (non-hydrogen) atoms. The molecule has 1 aromatic rings. The van der Waals surface area contributed by atoms with E-state index in [1.807, 2.05) is 36.0 Å². The minimum Gasteiger partial charge on any atom is -0.378 e. The van der Waals surface area contributed by atoms with Crippen LogP contribution in [0.15, 0.2) is 40.0 Å². The molecule has 1 aromatic carbocycles. The summed E-state index contributed by atoms with van der Waals surface area (Å²) in [4.78, 5) is 16.8. The number of amides is 1. The number of carbonyl (C=O) groups excluding carboxylic acids is 1. The fourth-order valence-electron chi connectivity index (χ4n) is 2.29. The number of hydrogen-bond donors (Lipinski definition) is 2. The Labute approximate surface area is 154 Å². The predicted octanol–water partition coefficient (Wildman–Crippen LogP) is 4.59. The number of nitrogens with one attached hydrogen (secondary N) is 2. The number of hydrogen-bond acceptors (Lipinski definition) is 4. The van der Waals surface area contributed by atoms with Gasteiger partial charge in [0.15, 0.2) is 0 Å². The number of nitrogens with zero attached hydrogens (tertiary/aromatic N) is 1. The van der Waals surface area contributed by atoms with Gasteiger partial charge in [-0.15, -0.1) is 0 Å². The summed E-state index contributed by atoms with van der Waals surface area (Å²) in [5.41, 5.74) is 2.82. The highest BCUT2D eigenvalue weighted by Gasteiger charge is 2.20. The highest BCUT2D eigenvalue weighted by atomic mass is 35.5. The van der Waals surface area contributed by atoms with Crippen LogP contribution < -0.4 is 10.6 Å². The van der Waals surface area contributed by atoms with Crippen molar-refractivity contribution in [2.75, 3.05) is 19.4 Å². The summed E-state index contributed by atoms with van der Waals surface area (Å²) in [6, 6.07) is 7.85. The van der Waals surface area contributed by atoms with Gasteiger partial charge in [0.2, 0.25) is 0 Å². The summed E-state index contributed by atoms with van der Waals surface area (Å²) in [7, 11) is 3.31. The molecule has 0 fully saturated rings. The molecule has 0 aliphatic heterocycles. The van der Waals surface area contributed by atoms with Gasteiger partial charge in [-0.05, 0) is 30.7 Å². The van der Waals surface area contributed by atoms with Gasteiger partial charge < -0.3 is 10.6 Å². The van der Waals surface area contributed by atoms with E-state index >= 15 is 0 Å². The van der Waals surface area contributed by atoms with E-state index in [1.165, 1.54) is 0 Å². The second-order valence-corrected chi connectivity index (χ2v) is 7.92. The summed E-state index contributed by atoms with van der Waals surface area (Å²) >= 11 is 8.01. The van der Waals surface area contributed by atoms with E-state index in [1.54, 1.807) is 21.0 Å². The van der Waals surface area contributed by atoms with Crippen molar-refractivity contribution in [2.45, 2.75) is 38.2 Å². The Bertz CT molecular complexity index is 641. The van der Waals surface area contributed by atoms with Crippen LogP contribution in [0.1, 0.15) is 38.5 Å². The lowest BCUT2D eigenvalue weighted by atomic mass is 10.1. The van der Waals surface area contributed by atoms with E-state index in [9.17, 15) is 4.79 Å². The van der Waals surface area contributed by atoms with Gasteiger partial charge in [-0.25, -0.2) is 0 Å². The van der Waals surface area contributed by atoms with Gasteiger partial charge in [0.25, 0.3) is 5.91 Å². The first-order chi connectivity index (χ1) is 11.3. The van der Waals surface area contributed by atoms with Crippen molar-refractivity contribution in [2.24, 2.45) is 4.99 Å². The van der Waals surface area contributed by atoms with Gasteiger partial charge in [-0.2, -0.15) is 11.8 Å². The van der Waals surface area contributed by atoms with Crippen LogP contribution in [0.25, 0.3) is 0 Å². The lowest BCUT2D eigenvalue weighted by Crippen LogP contribution is -2.23. The molecule has 2 N–H and O–H groups in total. The molecule has 0 radical (unpaired) electrons. The number of benzene rings is 1. The molecule has 0 heterocycles. The highest BCUT2D eigenvalue weighted by molar-refractivity contribution is 8.00. The second kappa shape index (κ2) is 9.74. The summed E-state index contributed by atoms with van der Waals surface area (Å²) in [6.07, 6.45) is 0. The summed E-state index contributed by atoms with van der Waals surface area (Å²) in [6.45, 7) is 8.23. The zero-order chi connectivity index (χ0) is 18.3. The molecule has 0 saturated carbocycles. The van der Waals surface area contributed by atoms with E-state index < -0.39 is 0 Å². The molecule has 0 spiro atoms. The molecule has 132 valence electrons. The number of thioether (sulfide) groups is 1. The number of halogens is 1. The molecule has 1 amide bonds. The van der Waals surface area contributed by atoms with Crippen LogP contribution in [0.4, 0.5) is 5.69 Å². The largest absolute Gasteiger partial charge is 0.378 e. The fraction of sp³-hybridized carbons (Fsp3) is 0.444. The van der Waals surface area contributed by atoms with Crippen molar-refractivity contribution in [3.05, 3.63) is 40.6 Å². The first-order valence-corrected chi connectivity index (χ1v) is 9.20. The normalized spacial score (nSPS) is 14.2. The van der Waals surface area contributed by atoms with Crippen LogP contribution in [-0.2, 0) is 4.79 Å². The minimum atomic E-state index is -0.272. The van der Waals surface area contributed by atoms with Gasteiger partial charge in [0.1, 0.15) is 5.16 Å². The van der Waals surface area contributed by atoms with Crippen LogP contribution in [0, 0.1) is 0 Å². The topological polar surface area (TPSA) is 53.5 Å². The maximum absolute atomic E-state index is 12.7. The van der Waals surface area contributed by atoms with Crippen LogP contribution in [0.3, 0.4) is 0 Å².